The third kappa shape index (κ3) is 3.36. The van der Waals surface area contributed by atoms with Crippen molar-refractivity contribution in [2.45, 2.75) is 20.8 Å². The van der Waals surface area contributed by atoms with Crippen molar-refractivity contribution in [1.29, 1.82) is 0 Å². The van der Waals surface area contributed by atoms with Crippen LogP contribution < -0.4 is 9.47 Å². The van der Waals surface area contributed by atoms with Crippen LogP contribution in [0.2, 0.25) is 0 Å². The summed E-state index contributed by atoms with van der Waals surface area (Å²) in [5.74, 6) is 1.65. The highest BCUT2D eigenvalue weighted by atomic mass is 16.5. The molecule has 0 radical (unpaired) electrons. The van der Waals surface area contributed by atoms with Gasteiger partial charge in [0, 0.05) is 0 Å². The fourth-order valence-electron chi connectivity index (χ4n) is 1.80. The molecule has 0 aliphatic heterocycles. The van der Waals surface area contributed by atoms with E-state index in [9.17, 15) is 4.79 Å². The molecule has 98 valence electrons. The van der Waals surface area contributed by atoms with Crippen LogP contribution in [0.25, 0.3) is 6.08 Å². The molecule has 3 heteroatoms. The van der Waals surface area contributed by atoms with Crippen molar-refractivity contribution in [3.63, 3.8) is 0 Å². The SMILES string of the molecule is COc1ccc(/C=C(/C(C)=O)C(C)C)cc1OC. The second-order valence-corrected chi connectivity index (χ2v) is 4.42. The van der Waals surface area contributed by atoms with E-state index in [0.717, 1.165) is 11.1 Å². The van der Waals surface area contributed by atoms with E-state index in [1.54, 1.807) is 21.1 Å². The highest BCUT2D eigenvalue weighted by Crippen LogP contribution is 2.29. The number of hydrogen-bond acceptors (Lipinski definition) is 3. The number of carbonyl (C=O) groups is 1. The second kappa shape index (κ2) is 6.24. The van der Waals surface area contributed by atoms with Gasteiger partial charge in [0.1, 0.15) is 0 Å². The predicted octanol–water partition coefficient (Wildman–Crippen LogP) is 3.33. The Morgan fingerprint density at radius 3 is 2.22 bits per heavy atom. The summed E-state index contributed by atoms with van der Waals surface area (Å²) in [6.45, 7) is 5.61. The first kappa shape index (κ1) is 14.3. The van der Waals surface area contributed by atoms with Crippen LogP contribution >= 0.6 is 0 Å². The highest BCUT2D eigenvalue weighted by molar-refractivity contribution is 5.98. The Labute approximate surface area is 108 Å². The molecule has 0 amide bonds. The molecule has 0 atom stereocenters. The van der Waals surface area contributed by atoms with Crippen LogP contribution in [0, 0.1) is 5.92 Å². The van der Waals surface area contributed by atoms with E-state index >= 15 is 0 Å². The van der Waals surface area contributed by atoms with Crippen molar-refractivity contribution >= 4 is 11.9 Å². The topological polar surface area (TPSA) is 35.5 Å². The summed E-state index contributed by atoms with van der Waals surface area (Å²) in [6, 6.07) is 5.61. The lowest BCUT2D eigenvalue weighted by Crippen LogP contribution is -2.03. The fraction of sp³-hybridized carbons (Fsp3) is 0.400. The quantitative estimate of drug-likeness (QED) is 0.750. The van der Waals surface area contributed by atoms with Gasteiger partial charge in [-0.1, -0.05) is 19.9 Å². The van der Waals surface area contributed by atoms with Gasteiger partial charge in [0.05, 0.1) is 14.2 Å². The van der Waals surface area contributed by atoms with Crippen molar-refractivity contribution < 1.29 is 14.3 Å². The molecule has 1 aromatic carbocycles. The molecule has 0 aromatic heterocycles. The summed E-state index contributed by atoms with van der Waals surface area (Å²) in [4.78, 5) is 11.5. The summed E-state index contributed by atoms with van der Waals surface area (Å²) in [5, 5.41) is 0. The minimum atomic E-state index is 0.0970. The van der Waals surface area contributed by atoms with Crippen molar-refractivity contribution in [3.8, 4) is 11.5 Å². The van der Waals surface area contributed by atoms with E-state index in [2.05, 4.69) is 0 Å². The number of methoxy groups -OCH3 is 2. The third-order valence-electron chi connectivity index (χ3n) is 2.76. The van der Waals surface area contributed by atoms with Crippen LogP contribution in [0.15, 0.2) is 23.8 Å². The van der Waals surface area contributed by atoms with Gasteiger partial charge in [-0.05, 0) is 42.2 Å². The van der Waals surface area contributed by atoms with Crippen LogP contribution in [0.1, 0.15) is 26.3 Å². The van der Waals surface area contributed by atoms with Crippen LogP contribution in [-0.4, -0.2) is 20.0 Å². The van der Waals surface area contributed by atoms with Crippen molar-refractivity contribution in [2.75, 3.05) is 14.2 Å². The Kier molecular flexibility index (Phi) is 4.95. The monoisotopic (exact) mass is 248 g/mol. The summed E-state index contributed by atoms with van der Waals surface area (Å²) in [5.41, 5.74) is 1.74. The fourth-order valence-corrected chi connectivity index (χ4v) is 1.80. The lowest BCUT2D eigenvalue weighted by molar-refractivity contribution is -0.113. The molecule has 0 spiro atoms. The standard InChI is InChI=1S/C15H20O3/c1-10(2)13(11(3)16)8-12-6-7-14(17-4)15(9-12)18-5/h6-10H,1-5H3/b13-8+. The van der Waals surface area contributed by atoms with Crippen LogP contribution in [0.4, 0.5) is 0 Å². The molecule has 0 N–H and O–H groups in total. The Hall–Kier alpha value is -1.77. The Balaban J connectivity index is 3.18. The van der Waals surface area contributed by atoms with Crippen molar-refractivity contribution in [3.05, 3.63) is 29.3 Å². The van der Waals surface area contributed by atoms with Gasteiger partial charge in [0.2, 0.25) is 0 Å². The van der Waals surface area contributed by atoms with Gasteiger partial charge in [-0.3, -0.25) is 4.79 Å². The Bertz CT molecular complexity index is 459. The number of Topliss-reactive ketones (excluding diaryl/α,β-unsaturated/α-hetero) is 1. The van der Waals surface area contributed by atoms with Gasteiger partial charge in [0.15, 0.2) is 17.3 Å². The third-order valence-corrected chi connectivity index (χ3v) is 2.76. The summed E-state index contributed by atoms with van der Waals surface area (Å²) >= 11 is 0. The molecule has 0 saturated heterocycles. The van der Waals surface area contributed by atoms with Gasteiger partial charge in [-0.15, -0.1) is 0 Å². The normalized spacial score (nSPS) is 11.6. The number of allylic oxidation sites excluding steroid dienone is 1. The molecule has 0 unspecified atom stereocenters. The molecular formula is C15H20O3. The van der Waals surface area contributed by atoms with Gasteiger partial charge in [0.25, 0.3) is 0 Å². The number of rotatable bonds is 5. The zero-order chi connectivity index (χ0) is 13.7. The average Bonchev–Trinajstić information content (AvgIpc) is 2.34. The first-order chi connectivity index (χ1) is 8.49. The van der Waals surface area contributed by atoms with Gasteiger partial charge < -0.3 is 9.47 Å². The molecule has 0 bridgehead atoms. The van der Waals surface area contributed by atoms with E-state index in [1.165, 1.54) is 0 Å². The number of ketones is 1. The summed E-state index contributed by atoms with van der Waals surface area (Å²) in [6.07, 6.45) is 1.90. The van der Waals surface area contributed by atoms with E-state index in [1.807, 2.05) is 38.1 Å². The molecule has 0 aliphatic rings. The minimum Gasteiger partial charge on any atom is -0.493 e. The Morgan fingerprint density at radius 1 is 1.17 bits per heavy atom. The van der Waals surface area contributed by atoms with Crippen LogP contribution in [0.3, 0.4) is 0 Å². The zero-order valence-electron chi connectivity index (χ0n) is 11.6. The van der Waals surface area contributed by atoms with Gasteiger partial charge in [-0.2, -0.15) is 0 Å². The molecule has 1 rings (SSSR count). The Morgan fingerprint density at radius 2 is 1.78 bits per heavy atom. The van der Waals surface area contributed by atoms with Crippen LogP contribution in [0.5, 0.6) is 11.5 Å². The average molecular weight is 248 g/mol. The molecule has 18 heavy (non-hydrogen) atoms. The molecule has 0 saturated carbocycles. The first-order valence-corrected chi connectivity index (χ1v) is 5.94. The lowest BCUT2D eigenvalue weighted by Gasteiger charge is -2.10. The van der Waals surface area contributed by atoms with Crippen LogP contribution in [-0.2, 0) is 4.79 Å². The van der Waals surface area contributed by atoms with Crippen molar-refractivity contribution in [2.24, 2.45) is 5.92 Å². The molecule has 1 aromatic rings. The molecule has 3 nitrogen and oxygen atoms in total. The van der Waals surface area contributed by atoms with Gasteiger partial charge in [-0.25, -0.2) is 0 Å². The number of benzene rings is 1. The van der Waals surface area contributed by atoms with E-state index < -0.39 is 0 Å². The van der Waals surface area contributed by atoms with E-state index in [4.69, 9.17) is 9.47 Å². The van der Waals surface area contributed by atoms with Gasteiger partial charge >= 0.3 is 0 Å². The molecule has 0 aliphatic carbocycles. The predicted molar refractivity (Wildman–Crippen MR) is 73.0 cm³/mol. The van der Waals surface area contributed by atoms with Crippen molar-refractivity contribution in [1.82, 2.24) is 0 Å². The molecule has 0 heterocycles. The molecular weight excluding hydrogens is 228 g/mol. The summed E-state index contributed by atoms with van der Waals surface area (Å²) in [7, 11) is 3.20. The molecule has 0 fully saturated rings. The summed E-state index contributed by atoms with van der Waals surface area (Å²) < 4.78 is 10.4. The van der Waals surface area contributed by atoms with E-state index in [0.29, 0.717) is 11.5 Å². The first-order valence-electron chi connectivity index (χ1n) is 5.94. The second-order valence-electron chi connectivity index (χ2n) is 4.42. The number of ether oxygens (including phenoxy) is 2. The number of carbonyl (C=O) groups excluding carboxylic acids is 1. The van der Waals surface area contributed by atoms with E-state index in [-0.39, 0.29) is 11.7 Å². The minimum absolute atomic E-state index is 0.0970. The maximum Gasteiger partial charge on any atom is 0.161 e. The highest BCUT2D eigenvalue weighted by Gasteiger charge is 2.10. The zero-order valence-corrected chi connectivity index (χ0v) is 11.6. The number of hydrogen-bond donors (Lipinski definition) is 0. The largest absolute Gasteiger partial charge is 0.493 e. The smallest absolute Gasteiger partial charge is 0.161 e. The maximum absolute atomic E-state index is 11.5. The lowest BCUT2D eigenvalue weighted by atomic mass is 9.97. The maximum atomic E-state index is 11.5.